The van der Waals surface area contributed by atoms with Gasteiger partial charge in [0.05, 0.1) is 38.4 Å². The van der Waals surface area contributed by atoms with Gasteiger partial charge < -0.3 is 10.5 Å². The zero-order valence-corrected chi connectivity index (χ0v) is 17.0. The second-order valence-corrected chi connectivity index (χ2v) is 7.39. The van der Waals surface area contributed by atoms with E-state index in [1.165, 1.54) is 22.9 Å². The number of hydrogen-bond donors (Lipinski definition) is 1. The van der Waals surface area contributed by atoms with E-state index in [-0.39, 0.29) is 33.6 Å². The van der Waals surface area contributed by atoms with Gasteiger partial charge in [-0.25, -0.2) is 4.68 Å². The van der Waals surface area contributed by atoms with E-state index in [0.717, 1.165) is 0 Å². The van der Waals surface area contributed by atoms with Crippen LogP contribution in [0, 0.1) is 28.4 Å². The molecule has 1 aliphatic heterocycles. The van der Waals surface area contributed by atoms with Crippen LogP contribution in [0.25, 0.3) is 5.69 Å². The Kier molecular flexibility index (Phi) is 4.86. The lowest BCUT2D eigenvalue weighted by atomic mass is 9.83. The third-order valence-corrected chi connectivity index (χ3v) is 5.37. The fraction of sp³-hybridized carbons (Fsp3) is 0.100. The van der Waals surface area contributed by atoms with Gasteiger partial charge in [0.2, 0.25) is 11.8 Å². The Morgan fingerprint density at radius 3 is 2.67 bits per heavy atom. The van der Waals surface area contributed by atoms with Crippen LogP contribution in [0.1, 0.15) is 22.7 Å². The van der Waals surface area contributed by atoms with E-state index in [0.29, 0.717) is 22.0 Å². The largest absolute Gasteiger partial charge is 0.422 e. The highest BCUT2D eigenvalue weighted by Crippen LogP contribution is 2.48. The van der Waals surface area contributed by atoms with E-state index in [1.807, 2.05) is 6.07 Å². The number of aromatic nitrogens is 2. The van der Waals surface area contributed by atoms with Crippen molar-refractivity contribution in [2.45, 2.75) is 12.8 Å². The molecule has 2 N–H and O–H groups in total. The molecule has 0 saturated carbocycles. The quantitative estimate of drug-likeness (QED) is 0.467. The number of hydrogen-bond acceptors (Lipinski definition) is 6. The van der Waals surface area contributed by atoms with E-state index in [2.05, 4.69) is 5.10 Å². The van der Waals surface area contributed by atoms with Crippen molar-refractivity contribution in [2.75, 3.05) is 0 Å². The summed E-state index contributed by atoms with van der Waals surface area (Å²) >= 11 is 12.5. The molecule has 0 amide bonds. The van der Waals surface area contributed by atoms with E-state index in [9.17, 15) is 15.4 Å². The summed E-state index contributed by atoms with van der Waals surface area (Å²) in [6, 6.07) is 13.3. The topological polar surface area (TPSA) is 120 Å². The summed E-state index contributed by atoms with van der Waals surface area (Å²) < 4.78 is 7.25. The summed E-state index contributed by atoms with van der Waals surface area (Å²) in [6.07, 6.45) is 0. The average molecular weight is 442 g/mol. The predicted octanol–water partition coefficient (Wildman–Crippen LogP) is 4.61. The summed E-state index contributed by atoms with van der Waals surface area (Å²) in [5.41, 5.74) is 7.58. The van der Waals surface area contributed by atoms with Crippen LogP contribution >= 0.6 is 23.2 Å². The molecule has 1 aliphatic rings. The first-order chi connectivity index (χ1) is 14.3. The number of aryl methyl sites for hydroxylation is 1. The van der Waals surface area contributed by atoms with Crippen molar-refractivity contribution in [2.24, 2.45) is 5.73 Å². The molecule has 1 aromatic heterocycles. The van der Waals surface area contributed by atoms with E-state index >= 15 is 0 Å². The molecule has 150 valence electrons. The zero-order chi connectivity index (χ0) is 21.6. The third kappa shape index (κ3) is 3.05. The number of nitrogens with zero attached hydrogens (tertiary/aromatic N) is 4. The minimum absolute atomic E-state index is 0.0208. The Labute approximate surface area is 180 Å². The smallest absolute Gasteiger partial charge is 0.275 e. The number of halogens is 2. The molecule has 8 nitrogen and oxygen atoms in total. The van der Waals surface area contributed by atoms with Gasteiger partial charge in [-0.05, 0) is 31.2 Å². The number of benzene rings is 2. The number of nitro groups is 1. The third-order valence-electron chi connectivity index (χ3n) is 4.80. The standard InChI is InChI=1S/C20H13Cl2N5O3/c1-10-16-17(18-14(22)6-3-7-15(18)27(28)29)13(9-23)19(24)30-20(16)26(25-10)12-5-2-4-11(21)8-12/h2-8,17H,24H2,1H3. The highest BCUT2D eigenvalue weighted by atomic mass is 35.5. The lowest BCUT2D eigenvalue weighted by Gasteiger charge is -2.25. The Balaban J connectivity index is 2.04. The number of nitro benzene ring substituents is 1. The van der Waals surface area contributed by atoms with Gasteiger partial charge in [-0.1, -0.05) is 35.3 Å². The van der Waals surface area contributed by atoms with Crippen LogP contribution in [0.4, 0.5) is 5.69 Å². The maximum Gasteiger partial charge on any atom is 0.275 e. The summed E-state index contributed by atoms with van der Waals surface area (Å²) in [4.78, 5) is 11.2. The first-order valence-corrected chi connectivity index (χ1v) is 9.45. The lowest BCUT2D eigenvalue weighted by Crippen LogP contribution is -2.22. The minimum Gasteiger partial charge on any atom is -0.422 e. The first kappa shape index (κ1) is 19.8. The summed E-state index contributed by atoms with van der Waals surface area (Å²) in [7, 11) is 0. The molecule has 0 saturated heterocycles. The Bertz CT molecular complexity index is 1280. The Morgan fingerprint density at radius 2 is 2.00 bits per heavy atom. The second kappa shape index (κ2) is 7.37. The zero-order valence-electron chi connectivity index (χ0n) is 15.5. The predicted molar refractivity (Wildman–Crippen MR) is 111 cm³/mol. The van der Waals surface area contributed by atoms with Crippen molar-refractivity contribution in [3.8, 4) is 17.6 Å². The molecule has 1 unspecified atom stereocenters. The van der Waals surface area contributed by atoms with Crippen molar-refractivity contribution in [1.82, 2.24) is 9.78 Å². The van der Waals surface area contributed by atoms with Crippen LogP contribution < -0.4 is 10.5 Å². The van der Waals surface area contributed by atoms with E-state index < -0.39 is 10.8 Å². The molecule has 0 spiro atoms. The van der Waals surface area contributed by atoms with Gasteiger partial charge in [0, 0.05) is 11.1 Å². The number of fused-ring (bicyclic) bond motifs is 1. The highest BCUT2D eigenvalue weighted by molar-refractivity contribution is 6.32. The van der Waals surface area contributed by atoms with Crippen LogP contribution in [-0.2, 0) is 0 Å². The number of nitriles is 1. The van der Waals surface area contributed by atoms with Gasteiger partial charge in [0.1, 0.15) is 11.6 Å². The molecule has 2 aromatic carbocycles. The molecular weight excluding hydrogens is 429 g/mol. The number of allylic oxidation sites excluding steroid dienone is 1. The molecule has 0 radical (unpaired) electrons. The molecule has 4 rings (SSSR count). The normalized spacial score (nSPS) is 15.3. The Hall–Kier alpha value is -3.54. The summed E-state index contributed by atoms with van der Waals surface area (Å²) in [6.45, 7) is 1.72. The molecule has 30 heavy (non-hydrogen) atoms. The monoisotopic (exact) mass is 441 g/mol. The molecule has 2 heterocycles. The highest BCUT2D eigenvalue weighted by Gasteiger charge is 2.40. The number of ether oxygens (including phenoxy) is 1. The first-order valence-electron chi connectivity index (χ1n) is 8.69. The molecular formula is C20H13Cl2N5O3. The van der Waals surface area contributed by atoms with Crippen molar-refractivity contribution in [1.29, 1.82) is 5.26 Å². The summed E-state index contributed by atoms with van der Waals surface area (Å²) in [5.74, 6) is -0.848. The van der Waals surface area contributed by atoms with Crippen LogP contribution in [-0.4, -0.2) is 14.7 Å². The fourth-order valence-corrected chi connectivity index (χ4v) is 4.02. The molecule has 0 fully saturated rings. The van der Waals surface area contributed by atoms with E-state index in [1.54, 1.807) is 31.2 Å². The van der Waals surface area contributed by atoms with Crippen molar-refractivity contribution in [3.05, 3.63) is 90.9 Å². The van der Waals surface area contributed by atoms with E-state index in [4.69, 9.17) is 33.7 Å². The average Bonchev–Trinajstić information content (AvgIpc) is 3.03. The molecule has 0 aliphatic carbocycles. The number of rotatable bonds is 3. The van der Waals surface area contributed by atoms with Crippen molar-refractivity contribution in [3.63, 3.8) is 0 Å². The van der Waals surface area contributed by atoms with Crippen LogP contribution in [0.3, 0.4) is 0 Å². The van der Waals surface area contributed by atoms with Gasteiger partial charge in [0.15, 0.2) is 0 Å². The summed E-state index contributed by atoms with van der Waals surface area (Å²) in [5, 5.41) is 26.6. The van der Waals surface area contributed by atoms with Gasteiger partial charge in [-0.3, -0.25) is 10.1 Å². The van der Waals surface area contributed by atoms with Crippen LogP contribution in [0.5, 0.6) is 5.88 Å². The van der Waals surface area contributed by atoms with Gasteiger partial charge in [-0.2, -0.15) is 10.4 Å². The van der Waals surface area contributed by atoms with Crippen LogP contribution in [0.15, 0.2) is 53.9 Å². The maximum atomic E-state index is 11.7. The van der Waals surface area contributed by atoms with Gasteiger partial charge in [0.25, 0.3) is 5.69 Å². The minimum atomic E-state index is -0.916. The Morgan fingerprint density at radius 1 is 1.27 bits per heavy atom. The fourth-order valence-electron chi connectivity index (χ4n) is 3.56. The SMILES string of the molecule is Cc1nn(-c2cccc(Cl)c2)c2c1C(c1c(Cl)cccc1[N+](=O)[O-])C(C#N)=C(N)O2. The van der Waals surface area contributed by atoms with Crippen molar-refractivity contribution < 1.29 is 9.66 Å². The van der Waals surface area contributed by atoms with Gasteiger partial charge >= 0.3 is 0 Å². The second-order valence-electron chi connectivity index (χ2n) is 6.55. The lowest BCUT2D eigenvalue weighted by molar-refractivity contribution is -0.385. The molecule has 3 aromatic rings. The van der Waals surface area contributed by atoms with Crippen molar-refractivity contribution >= 4 is 28.9 Å². The van der Waals surface area contributed by atoms with Gasteiger partial charge in [-0.15, -0.1) is 0 Å². The number of nitrogens with two attached hydrogens (primary N) is 1. The molecule has 0 bridgehead atoms. The molecule has 10 heteroatoms. The molecule has 1 atom stereocenters. The van der Waals surface area contributed by atoms with Crippen LogP contribution in [0.2, 0.25) is 10.0 Å². The maximum absolute atomic E-state index is 11.7.